The molecule has 0 saturated carbocycles. The summed E-state index contributed by atoms with van der Waals surface area (Å²) >= 11 is 1.55. The van der Waals surface area contributed by atoms with E-state index in [0.717, 1.165) is 5.69 Å². The second kappa shape index (κ2) is 6.87. The Labute approximate surface area is 137 Å². The smallest absolute Gasteiger partial charge is 0.248 e. The normalized spacial score (nSPS) is 17.3. The summed E-state index contributed by atoms with van der Waals surface area (Å²) < 4.78 is 12.9. The third kappa shape index (κ3) is 3.73. The topological polar surface area (TPSA) is 65.2 Å². The fraction of sp³-hybridized carbons (Fsp3) is 0.250. The van der Waals surface area contributed by atoms with E-state index < -0.39 is 6.04 Å². The minimum absolute atomic E-state index is 0.0864. The first-order chi connectivity index (χ1) is 11.1. The van der Waals surface area contributed by atoms with Gasteiger partial charge in [-0.2, -0.15) is 0 Å². The zero-order valence-corrected chi connectivity index (χ0v) is 13.1. The molecule has 1 aliphatic heterocycles. The molecule has 2 N–H and O–H groups in total. The summed E-state index contributed by atoms with van der Waals surface area (Å²) in [5.41, 5.74) is 1.34. The maximum absolute atomic E-state index is 12.9. The number of thioether (sulfide) groups is 1. The molecule has 1 saturated heterocycles. The first-order valence-electron chi connectivity index (χ1n) is 7.19. The lowest BCUT2D eigenvalue weighted by Gasteiger charge is -2.23. The number of hydrogen-bond acceptors (Lipinski definition) is 3. The van der Waals surface area contributed by atoms with Gasteiger partial charge in [-0.15, -0.1) is 11.8 Å². The highest BCUT2D eigenvalue weighted by Gasteiger charge is 2.34. The molecular formula is C16H16FN3O2S. The number of carbonyl (C=O) groups excluding carboxylic acids is 2. The second-order valence-corrected chi connectivity index (χ2v) is 6.25. The summed E-state index contributed by atoms with van der Waals surface area (Å²) in [6.07, 6.45) is 2.01. The van der Waals surface area contributed by atoms with Crippen molar-refractivity contribution in [3.8, 4) is 0 Å². The summed E-state index contributed by atoms with van der Waals surface area (Å²) in [5, 5.41) is 2.73. The Kier molecular flexibility index (Phi) is 4.66. The number of carbonyl (C=O) groups is 2. The average molecular weight is 333 g/mol. The number of anilines is 1. The van der Waals surface area contributed by atoms with Crippen molar-refractivity contribution in [3.05, 3.63) is 54.1 Å². The van der Waals surface area contributed by atoms with E-state index in [1.807, 2.05) is 12.1 Å². The molecule has 0 spiro atoms. The molecule has 120 valence electrons. The molecule has 23 heavy (non-hydrogen) atoms. The van der Waals surface area contributed by atoms with Crippen LogP contribution in [0.4, 0.5) is 10.1 Å². The second-order valence-electron chi connectivity index (χ2n) is 5.25. The fourth-order valence-electron chi connectivity index (χ4n) is 2.41. The van der Waals surface area contributed by atoms with Crippen LogP contribution in [0, 0.1) is 5.82 Å². The first kappa shape index (κ1) is 15.6. The quantitative estimate of drug-likeness (QED) is 0.902. The first-order valence-corrected chi connectivity index (χ1v) is 8.35. The summed E-state index contributed by atoms with van der Waals surface area (Å²) in [6.45, 7) is 0. The largest absolute Gasteiger partial charge is 0.365 e. The summed E-state index contributed by atoms with van der Waals surface area (Å²) in [5.74, 6) is 0.366. The van der Waals surface area contributed by atoms with Crippen LogP contribution in [0.15, 0.2) is 42.6 Å². The van der Waals surface area contributed by atoms with Gasteiger partial charge in [0.25, 0.3) is 0 Å². The summed E-state index contributed by atoms with van der Waals surface area (Å²) in [4.78, 5) is 29.4. The van der Waals surface area contributed by atoms with Crippen molar-refractivity contribution < 1.29 is 14.0 Å². The highest BCUT2D eigenvalue weighted by molar-refractivity contribution is 7.99. The predicted octanol–water partition coefficient (Wildman–Crippen LogP) is 2.24. The van der Waals surface area contributed by atoms with Crippen LogP contribution in [-0.4, -0.2) is 39.4 Å². The van der Waals surface area contributed by atoms with Crippen LogP contribution in [0.25, 0.3) is 0 Å². The van der Waals surface area contributed by atoms with Crippen LogP contribution in [0.5, 0.6) is 0 Å². The number of rotatable bonds is 4. The maximum atomic E-state index is 12.9. The van der Waals surface area contributed by atoms with Crippen LogP contribution < -0.4 is 5.32 Å². The van der Waals surface area contributed by atoms with E-state index in [2.05, 4.69) is 10.3 Å². The van der Waals surface area contributed by atoms with Gasteiger partial charge < -0.3 is 15.2 Å². The Bertz CT molecular complexity index is 688. The third-order valence-corrected chi connectivity index (χ3v) is 4.63. The van der Waals surface area contributed by atoms with Gasteiger partial charge in [0.05, 0.1) is 12.3 Å². The van der Waals surface area contributed by atoms with E-state index in [0.29, 0.717) is 17.3 Å². The van der Waals surface area contributed by atoms with Crippen LogP contribution >= 0.6 is 11.8 Å². The van der Waals surface area contributed by atoms with Crippen molar-refractivity contribution in [3.63, 3.8) is 0 Å². The Morgan fingerprint density at radius 3 is 2.78 bits per heavy atom. The molecule has 1 atom stereocenters. The van der Waals surface area contributed by atoms with E-state index in [1.165, 1.54) is 24.3 Å². The lowest BCUT2D eigenvalue weighted by Crippen LogP contribution is -2.45. The monoisotopic (exact) mass is 333 g/mol. The van der Waals surface area contributed by atoms with Crippen molar-refractivity contribution in [1.29, 1.82) is 0 Å². The molecule has 2 aromatic rings. The van der Waals surface area contributed by atoms with Crippen LogP contribution in [-0.2, 0) is 16.0 Å². The number of H-pyrrole nitrogens is 1. The zero-order valence-electron chi connectivity index (χ0n) is 12.3. The number of benzene rings is 1. The molecule has 7 heteroatoms. The highest BCUT2D eigenvalue weighted by atomic mass is 32.2. The number of hydrogen-bond donors (Lipinski definition) is 2. The lowest BCUT2D eigenvalue weighted by atomic mass is 10.2. The van der Waals surface area contributed by atoms with Gasteiger partial charge in [-0.3, -0.25) is 9.59 Å². The number of halogens is 1. The molecule has 1 aromatic heterocycles. The maximum Gasteiger partial charge on any atom is 0.248 e. The van der Waals surface area contributed by atoms with Gasteiger partial charge in [-0.1, -0.05) is 0 Å². The third-order valence-electron chi connectivity index (χ3n) is 3.62. The molecule has 1 aliphatic rings. The van der Waals surface area contributed by atoms with Gasteiger partial charge in [0.15, 0.2) is 0 Å². The molecule has 5 nitrogen and oxygen atoms in total. The van der Waals surface area contributed by atoms with Gasteiger partial charge in [-0.25, -0.2) is 4.39 Å². The van der Waals surface area contributed by atoms with Crippen molar-refractivity contribution in [1.82, 2.24) is 9.88 Å². The lowest BCUT2D eigenvalue weighted by molar-refractivity contribution is -0.135. The van der Waals surface area contributed by atoms with Gasteiger partial charge in [-0.05, 0) is 36.4 Å². The van der Waals surface area contributed by atoms with Crippen molar-refractivity contribution in [2.75, 3.05) is 16.9 Å². The Hall–Kier alpha value is -2.28. The number of nitrogens with one attached hydrogen (secondary N) is 2. The van der Waals surface area contributed by atoms with E-state index >= 15 is 0 Å². The summed E-state index contributed by atoms with van der Waals surface area (Å²) in [6, 6.07) is 8.74. The molecule has 0 aliphatic carbocycles. The fourth-order valence-corrected chi connectivity index (χ4v) is 3.59. The molecule has 2 amide bonds. The van der Waals surface area contributed by atoms with Crippen molar-refractivity contribution in [2.45, 2.75) is 12.5 Å². The minimum Gasteiger partial charge on any atom is -0.365 e. The van der Waals surface area contributed by atoms with E-state index in [9.17, 15) is 14.0 Å². The number of aromatic nitrogens is 1. The van der Waals surface area contributed by atoms with Crippen molar-refractivity contribution >= 4 is 29.3 Å². The van der Waals surface area contributed by atoms with Gasteiger partial charge >= 0.3 is 0 Å². The molecule has 3 rings (SSSR count). The minimum atomic E-state index is -0.507. The Morgan fingerprint density at radius 1 is 1.30 bits per heavy atom. The van der Waals surface area contributed by atoms with Crippen LogP contribution in [0.1, 0.15) is 5.69 Å². The van der Waals surface area contributed by atoms with Crippen LogP contribution in [0.2, 0.25) is 0 Å². The molecular weight excluding hydrogens is 317 g/mol. The molecule has 0 bridgehead atoms. The molecule has 2 heterocycles. The standard InChI is InChI=1S/C16H16FN3O2S/c17-11-3-5-12(6-4-11)19-16(22)14-9-23-10-20(14)15(21)8-13-2-1-7-18-13/h1-7,14,18H,8-10H2,(H,19,22)/t14-/m1/s1. The number of amides is 2. The number of aromatic amines is 1. The molecule has 1 aromatic carbocycles. The van der Waals surface area contributed by atoms with Gasteiger partial charge in [0.1, 0.15) is 11.9 Å². The molecule has 1 fully saturated rings. The number of nitrogens with zero attached hydrogens (tertiary/aromatic N) is 1. The Morgan fingerprint density at radius 2 is 2.09 bits per heavy atom. The van der Waals surface area contributed by atoms with Gasteiger partial charge in [0.2, 0.25) is 11.8 Å². The van der Waals surface area contributed by atoms with E-state index in [4.69, 9.17) is 0 Å². The van der Waals surface area contributed by atoms with E-state index in [1.54, 1.807) is 22.9 Å². The predicted molar refractivity (Wildman–Crippen MR) is 87.5 cm³/mol. The SMILES string of the molecule is O=C(Nc1ccc(F)cc1)[C@H]1CSCN1C(=O)Cc1ccc[nH]1. The van der Waals surface area contributed by atoms with E-state index in [-0.39, 0.29) is 24.1 Å². The highest BCUT2D eigenvalue weighted by Crippen LogP contribution is 2.23. The average Bonchev–Trinajstić information content (AvgIpc) is 3.20. The summed E-state index contributed by atoms with van der Waals surface area (Å²) in [7, 11) is 0. The molecule has 0 unspecified atom stereocenters. The van der Waals surface area contributed by atoms with Gasteiger partial charge in [0, 0.05) is 23.3 Å². The Balaban J connectivity index is 1.64. The zero-order chi connectivity index (χ0) is 16.2. The molecule has 0 radical (unpaired) electrons. The van der Waals surface area contributed by atoms with Crippen LogP contribution in [0.3, 0.4) is 0 Å². The van der Waals surface area contributed by atoms with Crippen molar-refractivity contribution in [2.24, 2.45) is 0 Å².